The van der Waals surface area contributed by atoms with Gasteiger partial charge in [-0.15, -0.1) is 0 Å². The Kier molecular flexibility index (Phi) is 10.8. The molecule has 196 valence electrons. The van der Waals surface area contributed by atoms with Crippen molar-refractivity contribution < 1.29 is 28.5 Å². The van der Waals surface area contributed by atoms with Crippen LogP contribution in [0.4, 0.5) is 11.4 Å². The van der Waals surface area contributed by atoms with Crippen LogP contribution in [0.15, 0.2) is 77.0 Å². The number of carbonyl (C=O) groups is 2. The average molecular weight is 516 g/mol. The van der Waals surface area contributed by atoms with E-state index in [-0.39, 0.29) is 24.3 Å². The van der Waals surface area contributed by atoms with Crippen molar-refractivity contribution >= 4 is 23.3 Å². The number of azo groups is 1. The van der Waals surface area contributed by atoms with Gasteiger partial charge >= 0.3 is 11.9 Å². The second kappa shape index (κ2) is 14.8. The number of carbonyl (C=O) groups excluding carboxylic acids is 2. The number of hydrogen-bond acceptors (Lipinski definition) is 9. The fourth-order valence-electron chi connectivity index (χ4n) is 3.29. The maximum atomic E-state index is 12.2. The summed E-state index contributed by atoms with van der Waals surface area (Å²) in [6, 6.07) is 20.8. The topological polar surface area (TPSA) is 120 Å². The number of ether oxygens (including phenoxy) is 4. The molecule has 0 saturated heterocycles. The number of nitrogens with zero attached hydrogens (tertiary/aromatic N) is 3. The highest BCUT2D eigenvalue weighted by molar-refractivity contribution is 5.96. The number of rotatable bonds is 13. The predicted octanol–water partition coefficient (Wildman–Crippen LogP) is 6.57. The molecule has 0 amide bonds. The molecule has 9 nitrogen and oxygen atoms in total. The zero-order valence-electron chi connectivity index (χ0n) is 21.4. The quantitative estimate of drug-likeness (QED) is 0.143. The standard InChI is InChI=1S/C29H29N3O6/c1-3-35-28(33)22-17-23(29(34)36-4-2)19-27(18-22)38-15-6-5-14-37-26-12-10-24(11-13-26)31-32-25-9-7-8-21(16-25)20-30/h7-13,16-19H,3-6,14-15H2,1-2H3. The largest absolute Gasteiger partial charge is 0.494 e. The van der Waals surface area contributed by atoms with Crippen LogP contribution in [0.3, 0.4) is 0 Å². The predicted molar refractivity (Wildman–Crippen MR) is 140 cm³/mol. The van der Waals surface area contributed by atoms with E-state index in [9.17, 15) is 9.59 Å². The molecule has 0 aliphatic carbocycles. The van der Waals surface area contributed by atoms with E-state index >= 15 is 0 Å². The van der Waals surface area contributed by atoms with Crippen LogP contribution in [0.1, 0.15) is 53.0 Å². The summed E-state index contributed by atoms with van der Waals surface area (Å²) in [6.07, 6.45) is 1.44. The molecule has 0 spiro atoms. The lowest BCUT2D eigenvalue weighted by molar-refractivity contribution is 0.0524. The summed E-state index contributed by atoms with van der Waals surface area (Å²) in [4.78, 5) is 24.3. The van der Waals surface area contributed by atoms with Crippen molar-refractivity contribution in [2.24, 2.45) is 10.2 Å². The van der Waals surface area contributed by atoms with Gasteiger partial charge in [-0.3, -0.25) is 0 Å². The zero-order chi connectivity index (χ0) is 27.2. The van der Waals surface area contributed by atoms with E-state index in [2.05, 4.69) is 16.3 Å². The summed E-state index contributed by atoms with van der Waals surface area (Å²) in [5.41, 5.74) is 2.27. The second-order valence-electron chi connectivity index (χ2n) is 7.95. The lowest BCUT2D eigenvalue weighted by atomic mass is 10.1. The summed E-state index contributed by atoms with van der Waals surface area (Å²) in [5.74, 6) is 0.0383. The highest BCUT2D eigenvalue weighted by Crippen LogP contribution is 2.23. The number of nitriles is 1. The van der Waals surface area contributed by atoms with Crippen LogP contribution >= 0.6 is 0 Å². The summed E-state index contributed by atoms with van der Waals surface area (Å²) in [7, 11) is 0. The summed E-state index contributed by atoms with van der Waals surface area (Å²) < 4.78 is 21.6. The van der Waals surface area contributed by atoms with Crippen LogP contribution in [-0.2, 0) is 9.47 Å². The van der Waals surface area contributed by atoms with Crippen LogP contribution in [0, 0.1) is 11.3 Å². The Hall–Kier alpha value is -4.71. The molecule has 0 heterocycles. The van der Waals surface area contributed by atoms with Gasteiger partial charge in [-0.05, 0) is 87.4 Å². The van der Waals surface area contributed by atoms with Gasteiger partial charge in [-0.1, -0.05) is 6.07 Å². The summed E-state index contributed by atoms with van der Waals surface area (Å²) in [6.45, 7) is 4.74. The van der Waals surface area contributed by atoms with Gasteiger partial charge in [0.05, 0.1) is 60.6 Å². The molecule has 0 radical (unpaired) electrons. The fourth-order valence-corrected chi connectivity index (χ4v) is 3.29. The van der Waals surface area contributed by atoms with Crippen molar-refractivity contribution in [2.75, 3.05) is 26.4 Å². The van der Waals surface area contributed by atoms with Crippen molar-refractivity contribution in [2.45, 2.75) is 26.7 Å². The van der Waals surface area contributed by atoms with Crippen molar-refractivity contribution in [1.29, 1.82) is 5.26 Å². The smallest absolute Gasteiger partial charge is 0.338 e. The maximum absolute atomic E-state index is 12.2. The van der Waals surface area contributed by atoms with Gasteiger partial charge in [0, 0.05) is 0 Å². The van der Waals surface area contributed by atoms with Gasteiger partial charge < -0.3 is 18.9 Å². The molecule has 9 heteroatoms. The molecular formula is C29H29N3O6. The molecule has 0 atom stereocenters. The van der Waals surface area contributed by atoms with E-state index in [1.807, 2.05) is 12.1 Å². The third-order valence-electron chi connectivity index (χ3n) is 5.10. The first kappa shape index (κ1) is 27.9. The third kappa shape index (κ3) is 8.75. The minimum absolute atomic E-state index is 0.225. The Morgan fingerprint density at radius 3 is 1.89 bits per heavy atom. The first-order chi connectivity index (χ1) is 18.5. The highest BCUT2D eigenvalue weighted by atomic mass is 16.5. The van der Waals surface area contributed by atoms with Crippen molar-refractivity contribution in [3.8, 4) is 17.6 Å². The molecule has 0 aliphatic heterocycles. The number of benzene rings is 3. The van der Waals surface area contributed by atoms with Gasteiger partial charge in [-0.25, -0.2) is 9.59 Å². The van der Waals surface area contributed by atoms with Gasteiger partial charge in [0.15, 0.2) is 0 Å². The molecule has 3 aromatic carbocycles. The Bertz CT molecular complexity index is 1260. The fraction of sp³-hybridized carbons (Fsp3) is 0.276. The van der Waals surface area contributed by atoms with E-state index in [1.165, 1.54) is 6.07 Å². The van der Waals surface area contributed by atoms with Crippen LogP contribution in [-0.4, -0.2) is 38.4 Å². The van der Waals surface area contributed by atoms with E-state index in [1.54, 1.807) is 62.4 Å². The molecule has 3 aromatic rings. The normalized spacial score (nSPS) is 10.6. The average Bonchev–Trinajstić information content (AvgIpc) is 2.94. The SMILES string of the molecule is CCOC(=O)c1cc(OCCCCOc2ccc(N=Nc3cccc(C#N)c3)cc2)cc(C(=O)OCC)c1. The van der Waals surface area contributed by atoms with Gasteiger partial charge in [0.1, 0.15) is 11.5 Å². The van der Waals surface area contributed by atoms with E-state index in [0.717, 1.165) is 6.42 Å². The summed E-state index contributed by atoms with van der Waals surface area (Å²) >= 11 is 0. The van der Waals surface area contributed by atoms with Crippen LogP contribution in [0.25, 0.3) is 0 Å². The Morgan fingerprint density at radius 2 is 1.32 bits per heavy atom. The molecule has 0 saturated carbocycles. The van der Waals surface area contributed by atoms with Crippen molar-refractivity contribution in [3.63, 3.8) is 0 Å². The molecule has 0 aliphatic rings. The molecule has 38 heavy (non-hydrogen) atoms. The van der Waals surface area contributed by atoms with E-state index in [0.29, 0.717) is 48.1 Å². The molecule has 0 bridgehead atoms. The molecule has 0 fully saturated rings. The third-order valence-corrected chi connectivity index (χ3v) is 5.10. The minimum atomic E-state index is -0.530. The minimum Gasteiger partial charge on any atom is -0.494 e. The molecule has 0 N–H and O–H groups in total. The number of hydrogen-bond donors (Lipinski definition) is 0. The second-order valence-corrected chi connectivity index (χ2v) is 7.95. The Labute approximate surface area is 221 Å². The van der Waals surface area contributed by atoms with Crippen molar-refractivity contribution in [1.82, 2.24) is 0 Å². The number of esters is 2. The van der Waals surface area contributed by atoms with Gasteiger partial charge in [0.25, 0.3) is 0 Å². The Morgan fingerprint density at radius 1 is 0.737 bits per heavy atom. The van der Waals surface area contributed by atoms with Gasteiger partial charge in [0.2, 0.25) is 0 Å². The first-order valence-electron chi connectivity index (χ1n) is 12.3. The number of unbranched alkanes of at least 4 members (excludes halogenated alkanes) is 1. The van der Waals surface area contributed by atoms with E-state index < -0.39 is 11.9 Å². The molecule has 0 aromatic heterocycles. The van der Waals surface area contributed by atoms with Crippen LogP contribution in [0.2, 0.25) is 0 Å². The molecule has 0 unspecified atom stereocenters. The van der Waals surface area contributed by atoms with Crippen LogP contribution < -0.4 is 9.47 Å². The molecular weight excluding hydrogens is 486 g/mol. The van der Waals surface area contributed by atoms with E-state index in [4.69, 9.17) is 24.2 Å². The maximum Gasteiger partial charge on any atom is 0.338 e. The monoisotopic (exact) mass is 515 g/mol. The van der Waals surface area contributed by atoms with Crippen LogP contribution in [0.5, 0.6) is 11.5 Å². The first-order valence-corrected chi connectivity index (χ1v) is 12.3. The van der Waals surface area contributed by atoms with Crippen molar-refractivity contribution in [3.05, 3.63) is 83.4 Å². The zero-order valence-corrected chi connectivity index (χ0v) is 21.4. The highest BCUT2D eigenvalue weighted by Gasteiger charge is 2.15. The summed E-state index contributed by atoms with van der Waals surface area (Å²) in [5, 5.41) is 17.3. The lowest BCUT2D eigenvalue weighted by Crippen LogP contribution is -2.10. The molecule has 3 rings (SSSR count). The Balaban J connectivity index is 1.45. The van der Waals surface area contributed by atoms with Gasteiger partial charge in [-0.2, -0.15) is 15.5 Å². The lowest BCUT2D eigenvalue weighted by Gasteiger charge is -2.11.